The zero-order chi connectivity index (χ0) is 24.4. The molecule has 1 aromatic rings. The molecule has 1 aromatic carbocycles. The first kappa shape index (κ1) is 28.8. The van der Waals surface area contributed by atoms with Crippen molar-refractivity contribution in [3.8, 4) is 0 Å². The number of aliphatic hydroxyl groups is 2. The molecular weight excluding hydrogens is 424 g/mol. The van der Waals surface area contributed by atoms with E-state index in [0.717, 1.165) is 31.4 Å². The first-order valence-corrected chi connectivity index (χ1v) is 14.0. The average molecular weight is 475 g/mol. The van der Waals surface area contributed by atoms with Gasteiger partial charge in [0.25, 0.3) is 0 Å². The van der Waals surface area contributed by atoms with Gasteiger partial charge in [-0.3, -0.25) is 9.69 Å². The summed E-state index contributed by atoms with van der Waals surface area (Å²) in [7, 11) is 0. The van der Waals surface area contributed by atoms with Crippen LogP contribution in [-0.4, -0.2) is 52.8 Å². The third-order valence-corrected chi connectivity index (χ3v) is 7.08. The number of carbonyl (C=O) groups excluding carboxylic acids is 1. The second-order valence-corrected chi connectivity index (χ2v) is 10.2. The summed E-state index contributed by atoms with van der Waals surface area (Å²) < 4.78 is 0. The van der Waals surface area contributed by atoms with Gasteiger partial charge in [-0.1, -0.05) is 114 Å². The van der Waals surface area contributed by atoms with Gasteiger partial charge < -0.3 is 15.5 Å². The summed E-state index contributed by atoms with van der Waals surface area (Å²) in [4.78, 5) is 14.8. The molecule has 0 saturated carbocycles. The lowest BCUT2D eigenvalue weighted by atomic mass is 10.0. The largest absolute Gasteiger partial charge is 0.392 e. The van der Waals surface area contributed by atoms with Gasteiger partial charge in [-0.25, -0.2) is 0 Å². The zero-order valence-electron chi connectivity index (χ0n) is 21.6. The number of likely N-dealkylation sites (tertiary alicyclic amines) is 1. The van der Waals surface area contributed by atoms with Crippen LogP contribution in [0.3, 0.4) is 0 Å². The number of hydrogen-bond acceptors (Lipinski definition) is 4. The Labute approximate surface area is 208 Å². The van der Waals surface area contributed by atoms with Crippen LogP contribution >= 0.6 is 0 Å². The monoisotopic (exact) mass is 474 g/mol. The Morgan fingerprint density at radius 1 is 0.941 bits per heavy atom. The SMILES string of the molecule is CCCCCCCCCCCCCCCC(=O)NC(CN1CCC(O)C1)C(O)c1ccccc1. The maximum absolute atomic E-state index is 12.6. The molecule has 0 aliphatic carbocycles. The molecule has 0 bridgehead atoms. The molecule has 2 rings (SSSR count). The fourth-order valence-corrected chi connectivity index (χ4v) is 4.95. The van der Waals surface area contributed by atoms with Crippen LogP contribution in [-0.2, 0) is 4.79 Å². The Hall–Kier alpha value is -1.43. The molecule has 3 N–H and O–H groups in total. The molecule has 0 radical (unpaired) electrons. The van der Waals surface area contributed by atoms with Crippen molar-refractivity contribution < 1.29 is 15.0 Å². The molecule has 1 amide bonds. The molecule has 3 atom stereocenters. The fourth-order valence-electron chi connectivity index (χ4n) is 4.95. The summed E-state index contributed by atoms with van der Waals surface area (Å²) >= 11 is 0. The van der Waals surface area contributed by atoms with Gasteiger partial charge in [-0.15, -0.1) is 0 Å². The van der Waals surface area contributed by atoms with Crippen molar-refractivity contribution in [2.24, 2.45) is 0 Å². The first-order valence-electron chi connectivity index (χ1n) is 14.0. The highest BCUT2D eigenvalue weighted by Gasteiger charge is 2.28. The number of hydrogen-bond donors (Lipinski definition) is 3. The topological polar surface area (TPSA) is 72.8 Å². The van der Waals surface area contributed by atoms with Gasteiger partial charge >= 0.3 is 0 Å². The molecule has 1 fully saturated rings. The van der Waals surface area contributed by atoms with E-state index in [1.807, 2.05) is 30.3 Å². The van der Waals surface area contributed by atoms with E-state index in [-0.39, 0.29) is 18.1 Å². The van der Waals surface area contributed by atoms with E-state index in [9.17, 15) is 15.0 Å². The lowest BCUT2D eigenvalue weighted by Gasteiger charge is -2.29. The van der Waals surface area contributed by atoms with E-state index in [1.54, 1.807) is 0 Å². The van der Waals surface area contributed by atoms with E-state index in [0.29, 0.717) is 19.5 Å². The van der Waals surface area contributed by atoms with Gasteiger partial charge in [0.05, 0.1) is 12.1 Å². The van der Waals surface area contributed by atoms with E-state index in [4.69, 9.17) is 0 Å². The van der Waals surface area contributed by atoms with Crippen LogP contribution in [0.4, 0.5) is 0 Å². The molecule has 0 spiro atoms. The van der Waals surface area contributed by atoms with Crippen LogP contribution in [0.2, 0.25) is 0 Å². The smallest absolute Gasteiger partial charge is 0.220 e. The summed E-state index contributed by atoms with van der Waals surface area (Å²) in [6.45, 7) is 4.22. The highest BCUT2D eigenvalue weighted by atomic mass is 16.3. The number of aliphatic hydroxyl groups excluding tert-OH is 2. The zero-order valence-corrected chi connectivity index (χ0v) is 21.6. The molecule has 34 heavy (non-hydrogen) atoms. The highest BCUT2D eigenvalue weighted by molar-refractivity contribution is 5.76. The summed E-state index contributed by atoms with van der Waals surface area (Å²) in [6, 6.07) is 9.16. The maximum Gasteiger partial charge on any atom is 0.220 e. The highest BCUT2D eigenvalue weighted by Crippen LogP contribution is 2.20. The third-order valence-electron chi connectivity index (χ3n) is 7.08. The molecule has 1 aliphatic heterocycles. The van der Waals surface area contributed by atoms with Crippen LogP contribution in [0.5, 0.6) is 0 Å². The van der Waals surface area contributed by atoms with Crippen molar-refractivity contribution in [3.05, 3.63) is 35.9 Å². The number of nitrogens with zero attached hydrogens (tertiary/aromatic N) is 1. The van der Waals surface area contributed by atoms with Crippen molar-refractivity contribution in [2.45, 2.75) is 121 Å². The number of benzene rings is 1. The van der Waals surface area contributed by atoms with E-state index in [1.165, 1.54) is 70.6 Å². The molecule has 5 heteroatoms. The Balaban J connectivity index is 1.59. The maximum atomic E-state index is 12.6. The second-order valence-electron chi connectivity index (χ2n) is 10.2. The van der Waals surface area contributed by atoms with E-state index >= 15 is 0 Å². The number of nitrogens with one attached hydrogen (secondary N) is 1. The third kappa shape index (κ3) is 12.3. The molecular formula is C29H50N2O3. The number of rotatable bonds is 19. The Bertz CT molecular complexity index is 640. The standard InChI is InChI=1S/C29H50N2O3/c1-2-3-4-5-6-7-8-9-10-11-12-13-17-20-28(33)30-27(24-31-22-21-26(32)23-31)29(34)25-18-15-14-16-19-25/h14-16,18-19,26-27,29,32,34H,2-13,17,20-24H2,1H3,(H,30,33). The Kier molecular flexibility index (Phi) is 15.2. The minimum Gasteiger partial charge on any atom is -0.392 e. The van der Waals surface area contributed by atoms with Crippen LogP contribution in [0.1, 0.15) is 115 Å². The number of amides is 1. The van der Waals surface area contributed by atoms with Gasteiger partial charge in [0.2, 0.25) is 5.91 Å². The van der Waals surface area contributed by atoms with Crippen LogP contribution in [0.15, 0.2) is 30.3 Å². The molecule has 1 heterocycles. The van der Waals surface area contributed by atoms with Gasteiger partial charge in [0.1, 0.15) is 6.10 Å². The predicted molar refractivity (Wildman–Crippen MR) is 141 cm³/mol. The van der Waals surface area contributed by atoms with Crippen molar-refractivity contribution in [1.82, 2.24) is 10.2 Å². The average Bonchev–Trinajstić information content (AvgIpc) is 3.26. The fraction of sp³-hybridized carbons (Fsp3) is 0.759. The lowest BCUT2D eigenvalue weighted by molar-refractivity contribution is -0.123. The van der Waals surface area contributed by atoms with Gasteiger partial charge in [-0.2, -0.15) is 0 Å². The Morgan fingerprint density at radius 3 is 2.03 bits per heavy atom. The molecule has 5 nitrogen and oxygen atoms in total. The van der Waals surface area contributed by atoms with Crippen LogP contribution in [0.25, 0.3) is 0 Å². The Morgan fingerprint density at radius 2 is 1.50 bits per heavy atom. The summed E-state index contributed by atoms with van der Waals surface area (Å²) in [5.41, 5.74) is 0.813. The quantitative estimate of drug-likeness (QED) is 0.223. The van der Waals surface area contributed by atoms with Crippen LogP contribution < -0.4 is 5.32 Å². The molecule has 1 aliphatic rings. The molecule has 3 unspecified atom stereocenters. The normalized spacial score (nSPS) is 18.1. The van der Waals surface area contributed by atoms with Crippen molar-refractivity contribution in [3.63, 3.8) is 0 Å². The molecule has 0 aromatic heterocycles. The molecule has 194 valence electrons. The van der Waals surface area contributed by atoms with Crippen LogP contribution in [0, 0.1) is 0 Å². The van der Waals surface area contributed by atoms with Gasteiger partial charge in [-0.05, 0) is 18.4 Å². The first-order chi connectivity index (χ1) is 16.6. The number of unbranched alkanes of at least 4 members (excludes halogenated alkanes) is 12. The molecule has 1 saturated heterocycles. The van der Waals surface area contributed by atoms with Gasteiger partial charge in [0, 0.05) is 26.1 Å². The number of carbonyl (C=O) groups is 1. The lowest BCUT2D eigenvalue weighted by Crippen LogP contribution is -2.47. The van der Waals surface area contributed by atoms with Crippen molar-refractivity contribution >= 4 is 5.91 Å². The number of β-amino-alcohol motifs (C(OH)–C–C–N with tert-alkyl or cyclic N) is 1. The summed E-state index contributed by atoms with van der Waals surface area (Å²) in [5.74, 6) is 0.0165. The van der Waals surface area contributed by atoms with E-state index < -0.39 is 6.10 Å². The second kappa shape index (κ2) is 17.9. The van der Waals surface area contributed by atoms with E-state index in [2.05, 4.69) is 17.1 Å². The van der Waals surface area contributed by atoms with Crippen molar-refractivity contribution in [2.75, 3.05) is 19.6 Å². The summed E-state index contributed by atoms with van der Waals surface area (Å²) in [6.07, 6.45) is 17.0. The van der Waals surface area contributed by atoms with Crippen molar-refractivity contribution in [1.29, 1.82) is 0 Å². The predicted octanol–water partition coefficient (Wildman–Crippen LogP) is 5.75. The minimum absolute atomic E-state index is 0.0165. The summed E-state index contributed by atoms with van der Waals surface area (Å²) in [5, 5.41) is 23.9. The minimum atomic E-state index is -0.755. The van der Waals surface area contributed by atoms with Gasteiger partial charge in [0.15, 0.2) is 0 Å².